The number of benzene rings is 2. The minimum atomic E-state index is -0.335. The van der Waals surface area contributed by atoms with Gasteiger partial charge in [-0.05, 0) is 38.0 Å². The number of nitrogens with one attached hydrogen (secondary N) is 2. The summed E-state index contributed by atoms with van der Waals surface area (Å²) in [6.45, 7) is 3.91. The molecule has 0 saturated carbocycles. The van der Waals surface area contributed by atoms with Gasteiger partial charge in [0.1, 0.15) is 0 Å². The number of hydrogen-bond acceptors (Lipinski definition) is 5. The second-order valence-corrected chi connectivity index (χ2v) is 8.03. The fourth-order valence-corrected chi connectivity index (χ4v) is 3.79. The summed E-state index contributed by atoms with van der Waals surface area (Å²) in [5.74, 6) is 0.110. The van der Waals surface area contributed by atoms with Crippen LogP contribution >= 0.6 is 0 Å². The van der Waals surface area contributed by atoms with Crippen LogP contribution in [0.3, 0.4) is 0 Å². The zero-order valence-electron chi connectivity index (χ0n) is 18.1. The number of anilines is 2. The Morgan fingerprint density at radius 2 is 1.72 bits per heavy atom. The van der Waals surface area contributed by atoms with Gasteiger partial charge >= 0.3 is 0 Å². The average Bonchev–Trinajstić information content (AvgIpc) is 3.35. The fourth-order valence-electron chi connectivity index (χ4n) is 3.79. The molecule has 7 nitrogen and oxygen atoms in total. The van der Waals surface area contributed by atoms with Crippen molar-refractivity contribution in [3.05, 3.63) is 72.6 Å². The van der Waals surface area contributed by atoms with Gasteiger partial charge in [-0.25, -0.2) is 9.97 Å². The van der Waals surface area contributed by atoms with Crippen molar-refractivity contribution in [2.75, 3.05) is 23.3 Å². The van der Waals surface area contributed by atoms with Gasteiger partial charge in [-0.1, -0.05) is 36.4 Å². The molecule has 32 heavy (non-hydrogen) atoms. The number of rotatable bonds is 7. The molecule has 3 aromatic rings. The molecule has 0 spiro atoms. The van der Waals surface area contributed by atoms with Crippen LogP contribution in [0.2, 0.25) is 0 Å². The smallest absolute Gasteiger partial charge is 0.254 e. The van der Waals surface area contributed by atoms with Crippen LogP contribution in [0.25, 0.3) is 11.4 Å². The molecule has 1 aliphatic heterocycles. The van der Waals surface area contributed by atoms with Crippen molar-refractivity contribution >= 4 is 23.2 Å². The van der Waals surface area contributed by atoms with Crippen molar-refractivity contribution in [2.24, 2.45) is 0 Å². The van der Waals surface area contributed by atoms with E-state index < -0.39 is 0 Å². The molecular weight excluding hydrogens is 402 g/mol. The molecule has 4 rings (SSSR count). The van der Waals surface area contributed by atoms with Crippen molar-refractivity contribution in [3.63, 3.8) is 0 Å². The Labute approximate surface area is 187 Å². The molecule has 1 saturated heterocycles. The summed E-state index contributed by atoms with van der Waals surface area (Å²) in [4.78, 5) is 35.9. The Balaban J connectivity index is 1.29. The van der Waals surface area contributed by atoms with Crippen molar-refractivity contribution in [1.82, 2.24) is 15.3 Å². The van der Waals surface area contributed by atoms with Crippen molar-refractivity contribution < 1.29 is 9.59 Å². The van der Waals surface area contributed by atoms with E-state index in [1.54, 1.807) is 6.92 Å². The summed E-state index contributed by atoms with van der Waals surface area (Å²) < 4.78 is 0. The normalized spacial score (nSPS) is 14.1. The molecule has 0 bridgehead atoms. The Kier molecular flexibility index (Phi) is 6.75. The van der Waals surface area contributed by atoms with Crippen LogP contribution in [0.4, 0.5) is 11.4 Å². The van der Waals surface area contributed by atoms with Crippen LogP contribution in [0.5, 0.6) is 0 Å². The predicted octanol–water partition coefficient (Wildman–Crippen LogP) is 3.89. The monoisotopic (exact) mass is 429 g/mol. The highest BCUT2D eigenvalue weighted by atomic mass is 16.2. The predicted molar refractivity (Wildman–Crippen MR) is 126 cm³/mol. The Bertz CT molecular complexity index is 1060. The third-order valence-electron chi connectivity index (χ3n) is 5.42. The summed E-state index contributed by atoms with van der Waals surface area (Å²) in [7, 11) is 0. The summed E-state index contributed by atoms with van der Waals surface area (Å²) in [5.41, 5.74) is 3.14. The highest BCUT2D eigenvalue weighted by Crippen LogP contribution is 2.23. The topological polar surface area (TPSA) is 87.2 Å². The molecular formula is C25H27N5O2. The molecule has 2 aromatic carbocycles. The average molecular weight is 430 g/mol. The van der Waals surface area contributed by atoms with Gasteiger partial charge in [0, 0.05) is 54.9 Å². The molecule has 2 heterocycles. The van der Waals surface area contributed by atoms with Crippen LogP contribution in [0.1, 0.15) is 36.5 Å². The van der Waals surface area contributed by atoms with E-state index in [4.69, 9.17) is 0 Å². The third-order valence-corrected chi connectivity index (χ3v) is 5.42. The fraction of sp³-hybridized carbons (Fsp3) is 0.280. The van der Waals surface area contributed by atoms with Crippen LogP contribution in [-0.4, -0.2) is 40.9 Å². The van der Waals surface area contributed by atoms with Gasteiger partial charge in [0.05, 0.1) is 5.56 Å². The first-order valence-corrected chi connectivity index (χ1v) is 10.9. The molecule has 2 N–H and O–H groups in total. The van der Waals surface area contributed by atoms with Crippen LogP contribution in [0.15, 0.2) is 67.0 Å². The number of nitrogens with zero attached hydrogens (tertiary/aromatic N) is 3. The SMILES string of the molecule is CC(CC(=O)Nc1cccc(N2CCCC2)c1)NC(=O)c1cnc(-c2ccccc2)nc1. The summed E-state index contributed by atoms with van der Waals surface area (Å²) in [6.07, 6.45) is 5.58. The van der Waals surface area contributed by atoms with Crippen LogP contribution in [0, 0.1) is 0 Å². The summed E-state index contributed by atoms with van der Waals surface area (Å²) in [6, 6.07) is 17.1. The molecule has 1 aliphatic rings. The van der Waals surface area contributed by atoms with E-state index in [0.29, 0.717) is 11.4 Å². The standard InChI is InChI=1S/C25H27N5O2/c1-18(14-23(31)29-21-10-7-11-22(15-21)30-12-5-6-13-30)28-25(32)20-16-26-24(27-17-20)19-8-3-2-4-9-19/h2-4,7-11,15-18H,5-6,12-14H2,1H3,(H,28,32)(H,29,31). The van der Waals surface area contributed by atoms with E-state index in [9.17, 15) is 9.59 Å². The molecule has 1 unspecified atom stereocenters. The summed E-state index contributed by atoms with van der Waals surface area (Å²) in [5, 5.41) is 5.77. The minimum absolute atomic E-state index is 0.146. The number of carbonyl (C=O) groups excluding carboxylic acids is 2. The van der Waals surface area contributed by atoms with Gasteiger partial charge in [0.15, 0.2) is 5.82 Å². The lowest BCUT2D eigenvalue weighted by Gasteiger charge is -2.19. The lowest BCUT2D eigenvalue weighted by atomic mass is 10.2. The van der Waals surface area contributed by atoms with Gasteiger partial charge in [-0.15, -0.1) is 0 Å². The zero-order valence-corrected chi connectivity index (χ0v) is 18.1. The molecule has 0 radical (unpaired) electrons. The van der Waals surface area contributed by atoms with Gasteiger partial charge in [0.2, 0.25) is 5.91 Å². The highest BCUT2D eigenvalue weighted by molar-refractivity contribution is 5.95. The van der Waals surface area contributed by atoms with E-state index in [1.165, 1.54) is 25.2 Å². The van der Waals surface area contributed by atoms with E-state index >= 15 is 0 Å². The van der Waals surface area contributed by atoms with Crippen molar-refractivity contribution in [3.8, 4) is 11.4 Å². The molecule has 0 aliphatic carbocycles. The maximum absolute atomic E-state index is 12.5. The quantitative estimate of drug-likeness (QED) is 0.595. The molecule has 2 amide bonds. The zero-order chi connectivity index (χ0) is 22.3. The minimum Gasteiger partial charge on any atom is -0.371 e. The number of carbonyl (C=O) groups is 2. The lowest BCUT2D eigenvalue weighted by Crippen LogP contribution is -2.35. The third kappa shape index (κ3) is 5.49. The first-order valence-electron chi connectivity index (χ1n) is 10.9. The maximum Gasteiger partial charge on any atom is 0.254 e. The molecule has 164 valence electrons. The van der Waals surface area contributed by atoms with Crippen LogP contribution < -0.4 is 15.5 Å². The molecule has 1 fully saturated rings. The van der Waals surface area contributed by atoms with Gasteiger partial charge in [0.25, 0.3) is 5.91 Å². The van der Waals surface area contributed by atoms with Gasteiger partial charge in [-0.2, -0.15) is 0 Å². The van der Waals surface area contributed by atoms with E-state index in [0.717, 1.165) is 30.0 Å². The van der Waals surface area contributed by atoms with E-state index in [-0.39, 0.29) is 24.3 Å². The largest absolute Gasteiger partial charge is 0.371 e. The number of aromatic nitrogens is 2. The maximum atomic E-state index is 12.5. The second-order valence-electron chi connectivity index (χ2n) is 8.03. The molecule has 1 aromatic heterocycles. The molecule has 1 atom stereocenters. The molecule has 7 heteroatoms. The van der Waals surface area contributed by atoms with Crippen LogP contribution in [-0.2, 0) is 4.79 Å². The lowest BCUT2D eigenvalue weighted by molar-refractivity contribution is -0.116. The highest BCUT2D eigenvalue weighted by Gasteiger charge is 2.16. The Hall–Kier alpha value is -3.74. The first kappa shape index (κ1) is 21.5. The Morgan fingerprint density at radius 3 is 2.44 bits per heavy atom. The Morgan fingerprint density at radius 1 is 1.00 bits per heavy atom. The second kappa shape index (κ2) is 10.0. The number of amides is 2. The van der Waals surface area contributed by atoms with E-state index in [2.05, 4.69) is 31.6 Å². The van der Waals surface area contributed by atoms with Gasteiger partial charge < -0.3 is 15.5 Å². The first-order chi connectivity index (χ1) is 15.6. The van der Waals surface area contributed by atoms with Gasteiger partial charge in [-0.3, -0.25) is 9.59 Å². The van der Waals surface area contributed by atoms with E-state index in [1.807, 2.05) is 48.5 Å². The summed E-state index contributed by atoms with van der Waals surface area (Å²) >= 11 is 0. The van der Waals surface area contributed by atoms with Crippen molar-refractivity contribution in [2.45, 2.75) is 32.2 Å². The number of hydrogen-bond donors (Lipinski definition) is 2. The van der Waals surface area contributed by atoms with Crippen molar-refractivity contribution in [1.29, 1.82) is 0 Å².